The highest BCUT2D eigenvalue weighted by molar-refractivity contribution is 6.00. The molecule has 1 saturated heterocycles. The molecule has 1 aromatic carbocycles. The van der Waals surface area contributed by atoms with Crippen LogP contribution in [-0.2, 0) is 0 Å². The molecule has 2 aliphatic carbocycles. The molecule has 4 aliphatic rings. The number of nitrogens with zero attached hydrogens (tertiary/aromatic N) is 2. The van der Waals surface area contributed by atoms with Gasteiger partial charge in [0.15, 0.2) is 0 Å². The minimum absolute atomic E-state index is 0.00686. The molecule has 0 bridgehead atoms. The fourth-order valence-corrected chi connectivity index (χ4v) is 5.92. The zero-order chi connectivity index (χ0) is 23.0. The van der Waals surface area contributed by atoms with Crippen LogP contribution in [0.15, 0.2) is 59.5 Å². The van der Waals surface area contributed by atoms with E-state index in [1.54, 1.807) is 18.2 Å². The van der Waals surface area contributed by atoms with Gasteiger partial charge in [-0.15, -0.1) is 0 Å². The second kappa shape index (κ2) is 9.03. The van der Waals surface area contributed by atoms with Gasteiger partial charge in [-0.1, -0.05) is 6.08 Å². The Bertz CT molecular complexity index is 1010. The van der Waals surface area contributed by atoms with Crippen molar-refractivity contribution in [1.29, 1.82) is 0 Å². The number of nitrogens with one attached hydrogen (secondary N) is 1. The van der Waals surface area contributed by atoms with E-state index in [1.165, 1.54) is 25.3 Å². The SMILES string of the molecule is COc1cc(F)ccc1NC(O)C1(N2CCC(C3C=CN=C4C=CC(F)=CC43)CC2)CCC1. The Balaban J connectivity index is 1.26. The molecule has 2 heterocycles. The summed E-state index contributed by atoms with van der Waals surface area (Å²) in [4.78, 5) is 6.86. The van der Waals surface area contributed by atoms with E-state index in [1.807, 2.05) is 6.20 Å². The molecule has 3 atom stereocenters. The minimum Gasteiger partial charge on any atom is -0.494 e. The van der Waals surface area contributed by atoms with Crippen LogP contribution in [0.5, 0.6) is 5.75 Å². The van der Waals surface area contributed by atoms with Crippen molar-refractivity contribution in [2.45, 2.75) is 43.9 Å². The molecule has 176 valence electrons. The van der Waals surface area contributed by atoms with Gasteiger partial charge < -0.3 is 15.2 Å². The first kappa shape index (κ1) is 22.3. The molecule has 0 radical (unpaired) electrons. The largest absolute Gasteiger partial charge is 0.494 e. The summed E-state index contributed by atoms with van der Waals surface area (Å²) in [6, 6.07) is 4.29. The molecule has 1 aromatic rings. The van der Waals surface area contributed by atoms with Crippen molar-refractivity contribution in [1.82, 2.24) is 4.90 Å². The van der Waals surface area contributed by atoms with Crippen molar-refractivity contribution in [2.24, 2.45) is 22.7 Å². The Kier molecular flexibility index (Phi) is 6.10. The highest BCUT2D eigenvalue weighted by Crippen LogP contribution is 2.45. The molecule has 0 amide bonds. The first-order valence-electron chi connectivity index (χ1n) is 11.8. The summed E-state index contributed by atoms with van der Waals surface area (Å²) >= 11 is 0. The van der Waals surface area contributed by atoms with Gasteiger partial charge >= 0.3 is 0 Å². The number of benzene rings is 1. The standard InChI is InChI=1S/C26H31F2N3O2/c1-33-24-16-19(28)4-6-23(24)30-25(32)26(10-2-11-26)31-13-8-17(9-14-31)20-7-12-29-22-5-3-18(27)15-21(20)22/h3-7,12,15-17,20-21,25,30,32H,2,8-11,13-14H2,1H3. The Hall–Kier alpha value is -2.51. The van der Waals surface area contributed by atoms with Crippen LogP contribution >= 0.6 is 0 Å². The van der Waals surface area contributed by atoms with E-state index < -0.39 is 6.23 Å². The summed E-state index contributed by atoms with van der Waals surface area (Å²) in [5, 5.41) is 14.4. The van der Waals surface area contributed by atoms with Crippen molar-refractivity contribution in [3.8, 4) is 5.75 Å². The molecular formula is C26H31F2N3O2. The third kappa shape index (κ3) is 4.13. The smallest absolute Gasteiger partial charge is 0.144 e. The fraction of sp³-hybridized carbons (Fsp3) is 0.500. The van der Waals surface area contributed by atoms with Gasteiger partial charge in [0.25, 0.3) is 0 Å². The lowest BCUT2D eigenvalue weighted by Crippen LogP contribution is -2.65. The van der Waals surface area contributed by atoms with E-state index in [-0.39, 0.29) is 29.0 Å². The van der Waals surface area contributed by atoms with Crippen LogP contribution in [0.1, 0.15) is 32.1 Å². The lowest BCUT2D eigenvalue weighted by molar-refractivity contribution is -0.0854. The number of methoxy groups -OCH3 is 1. The third-order valence-electron chi connectivity index (χ3n) is 7.94. The quantitative estimate of drug-likeness (QED) is 0.604. The average Bonchev–Trinajstić information content (AvgIpc) is 2.79. The summed E-state index contributed by atoms with van der Waals surface area (Å²) in [5.41, 5.74) is 1.19. The maximum Gasteiger partial charge on any atom is 0.144 e. The van der Waals surface area contributed by atoms with Crippen molar-refractivity contribution in [3.05, 3.63) is 60.3 Å². The third-order valence-corrected chi connectivity index (χ3v) is 7.94. The second-order valence-corrected chi connectivity index (χ2v) is 9.56. The number of rotatable bonds is 6. The Morgan fingerprint density at radius 2 is 2.00 bits per heavy atom. The van der Waals surface area contributed by atoms with Crippen molar-refractivity contribution < 1.29 is 18.6 Å². The number of hydrogen-bond donors (Lipinski definition) is 2. The first-order chi connectivity index (χ1) is 16.0. The zero-order valence-corrected chi connectivity index (χ0v) is 18.9. The molecule has 5 nitrogen and oxygen atoms in total. The molecule has 3 unspecified atom stereocenters. The lowest BCUT2D eigenvalue weighted by atomic mass is 9.69. The molecule has 2 N–H and O–H groups in total. The number of aliphatic hydroxyl groups is 1. The van der Waals surface area contributed by atoms with Crippen LogP contribution in [0.2, 0.25) is 0 Å². The maximum absolute atomic E-state index is 13.9. The summed E-state index contributed by atoms with van der Waals surface area (Å²) in [7, 11) is 1.50. The van der Waals surface area contributed by atoms with Gasteiger partial charge in [-0.3, -0.25) is 9.89 Å². The zero-order valence-electron chi connectivity index (χ0n) is 18.9. The Morgan fingerprint density at radius 1 is 1.21 bits per heavy atom. The molecule has 5 rings (SSSR count). The number of likely N-dealkylation sites (tertiary alicyclic amines) is 1. The van der Waals surface area contributed by atoms with E-state index in [0.29, 0.717) is 17.4 Å². The van der Waals surface area contributed by atoms with Crippen molar-refractivity contribution >= 4 is 11.4 Å². The van der Waals surface area contributed by atoms with Crippen LogP contribution in [0.4, 0.5) is 14.5 Å². The molecule has 7 heteroatoms. The van der Waals surface area contributed by atoms with Crippen LogP contribution in [0.25, 0.3) is 0 Å². The molecular weight excluding hydrogens is 424 g/mol. The van der Waals surface area contributed by atoms with E-state index in [4.69, 9.17) is 4.74 Å². The number of fused-ring (bicyclic) bond motifs is 1. The van der Waals surface area contributed by atoms with E-state index >= 15 is 0 Å². The van der Waals surface area contributed by atoms with Gasteiger partial charge in [0.05, 0.1) is 18.3 Å². The molecule has 33 heavy (non-hydrogen) atoms. The lowest BCUT2D eigenvalue weighted by Gasteiger charge is -2.55. The van der Waals surface area contributed by atoms with Crippen LogP contribution < -0.4 is 10.1 Å². The normalized spacial score (nSPS) is 27.8. The topological polar surface area (TPSA) is 57.1 Å². The fourth-order valence-electron chi connectivity index (χ4n) is 5.92. The number of piperidine rings is 1. The van der Waals surface area contributed by atoms with Crippen molar-refractivity contribution in [2.75, 3.05) is 25.5 Å². The summed E-state index contributed by atoms with van der Waals surface area (Å²) in [6.45, 7) is 1.77. The van der Waals surface area contributed by atoms with Gasteiger partial charge in [0.1, 0.15) is 23.6 Å². The van der Waals surface area contributed by atoms with E-state index in [9.17, 15) is 13.9 Å². The number of aliphatic hydroxyl groups excluding tert-OH is 1. The van der Waals surface area contributed by atoms with Gasteiger partial charge in [-0.05, 0) is 87.4 Å². The molecule has 1 saturated carbocycles. The Labute approximate surface area is 193 Å². The molecule has 2 aliphatic heterocycles. The number of anilines is 1. The highest BCUT2D eigenvalue weighted by atomic mass is 19.1. The average molecular weight is 456 g/mol. The van der Waals surface area contributed by atoms with Crippen molar-refractivity contribution in [3.63, 3.8) is 0 Å². The summed E-state index contributed by atoms with van der Waals surface area (Å²) in [5.74, 6) is 0.524. The first-order valence-corrected chi connectivity index (χ1v) is 11.8. The predicted octanol–water partition coefficient (Wildman–Crippen LogP) is 4.82. The summed E-state index contributed by atoms with van der Waals surface area (Å²) < 4.78 is 32.8. The Morgan fingerprint density at radius 3 is 2.70 bits per heavy atom. The van der Waals surface area contributed by atoms with Gasteiger partial charge in [-0.25, -0.2) is 8.78 Å². The van der Waals surface area contributed by atoms with E-state index in [2.05, 4.69) is 21.3 Å². The van der Waals surface area contributed by atoms with Gasteiger partial charge in [0.2, 0.25) is 0 Å². The number of allylic oxidation sites excluding steroid dienone is 5. The van der Waals surface area contributed by atoms with Gasteiger partial charge in [0, 0.05) is 23.9 Å². The second-order valence-electron chi connectivity index (χ2n) is 9.56. The van der Waals surface area contributed by atoms with Crippen LogP contribution in [-0.4, -0.2) is 47.7 Å². The maximum atomic E-state index is 13.9. The number of ether oxygens (including phenoxy) is 1. The predicted molar refractivity (Wildman–Crippen MR) is 125 cm³/mol. The number of aliphatic imine (C=N–C) groups is 1. The molecule has 0 spiro atoms. The van der Waals surface area contributed by atoms with Crippen LogP contribution in [0, 0.1) is 23.6 Å². The monoisotopic (exact) mass is 455 g/mol. The number of halogens is 2. The molecule has 2 fully saturated rings. The highest BCUT2D eigenvalue weighted by Gasteiger charge is 2.50. The van der Waals surface area contributed by atoms with Gasteiger partial charge in [-0.2, -0.15) is 0 Å². The molecule has 0 aromatic heterocycles. The van der Waals surface area contributed by atoms with Crippen LogP contribution in [0.3, 0.4) is 0 Å². The number of hydrogen-bond acceptors (Lipinski definition) is 5. The van der Waals surface area contributed by atoms with E-state index in [0.717, 1.165) is 50.9 Å². The minimum atomic E-state index is -0.781. The summed E-state index contributed by atoms with van der Waals surface area (Å²) in [6.07, 6.45) is 13.1.